The summed E-state index contributed by atoms with van der Waals surface area (Å²) in [4.78, 5) is 7.27. The molecule has 0 aliphatic rings. The maximum Gasteiger partial charge on any atom is 0.149 e. The first-order valence-corrected chi connectivity index (χ1v) is 6.11. The molecule has 100 valence electrons. The van der Waals surface area contributed by atoms with Gasteiger partial charge in [-0.05, 0) is 5.56 Å². The number of H-pyrrole nitrogens is 1. The smallest absolute Gasteiger partial charge is 0.149 e. The van der Waals surface area contributed by atoms with Crippen molar-refractivity contribution >= 4 is 5.82 Å². The molecule has 2 aromatic heterocycles. The number of nitrogen functional groups attached to an aromatic ring is 1. The van der Waals surface area contributed by atoms with Gasteiger partial charge in [-0.25, -0.2) is 4.98 Å². The second-order valence-electron chi connectivity index (χ2n) is 4.24. The summed E-state index contributed by atoms with van der Waals surface area (Å²) in [5.74, 6) is 1.80. The van der Waals surface area contributed by atoms with Crippen LogP contribution in [0.3, 0.4) is 0 Å². The highest BCUT2D eigenvalue weighted by Gasteiger charge is 2.01. The maximum atomic E-state index is 5.60. The van der Waals surface area contributed by atoms with Gasteiger partial charge in [0.1, 0.15) is 24.0 Å². The van der Waals surface area contributed by atoms with E-state index in [4.69, 9.17) is 10.5 Å². The highest BCUT2D eigenvalue weighted by molar-refractivity contribution is 5.55. The van der Waals surface area contributed by atoms with Crippen LogP contribution in [0.2, 0.25) is 0 Å². The van der Waals surface area contributed by atoms with Gasteiger partial charge >= 0.3 is 0 Å². The van der Waals surface area contributed by atoms with Crippen LogP contribution in [0, 0.1) is 0 Å². The molecule has 0 bridgehead atoms. The Bertz CT molecular complexity index is 679. The summed E-state index contributed by atoms with van der Waals surface area (Å²) in [6, 6.07) is 9.63. The van der Waals surface area contributed by atoms with Crippen LogP contribution < -0.4 is 10.5 Å². The molecule has 3 aromatic rings. The molecule has 0 saturated carbocycles. The third-order valence-corrected chi connectivity index (χ3v) is 2.78. The Morgan fingerprint density at radius 1 is 1.20 bits per heavy atom. The van der Waals surface area contributed by atoms with Crippen molar-refractivity contribution in [2.75, 3.05) is 5.73 Å². The summed E-state index contributed by atoms with van der Waals surface area (Å²) < 4.78 is 5.60. The number of aromatic nitrogens is 4. The third kappa shape index (κ3) is 2.74. The highest BCUT2D eigenvalue weighted by atomic mass is 16.5. The lowest BCUT2D eigenvalue weighted by atomic mass is 10.1. The van der Waals surface area contributed by atoms with E-state index in [-0.39, 0.29) is 0 Å². The lowest BCUT2D eigenvalue weighted by Gasteiger charge is -2.06. The molecule has 6 heteroatoms. The Balaban J connectivity index is 1.67. The van der Waals surface area contributed by atoms with E-state index in [0.29, 0.717) is 18.2 Å². The van der Waals surface area contributed by atoms with Crippen molar-refractivity contribution in [1.82, 2.24) is 20.2 Å². The van der Waals surface area contributed by atoms with Crippen molar-refractivity contribution in [2.45, 2.75) is 6.61 Å². The molecule has 20 heavy (non-hydrogen) atoms. The van der Waals surface area contributed by atoms with Crippen LogP contribution in [0.4, 0.5) is 5.82 Å². The predicted octanol–water partition coefficient (Wildman–Crippen LogP) is 2.03. The molecular weight excluding hydrogens is 254 g/mol. The standard InChI is InChI=1S/C14H13N5O/c15-13-7-12(8-18-19-13)20-9-10-1-3-11(4-2-10)14-16-5-6-17-14/h1-8H,9H2,(H2,15,19)(H,16,17). The van der Waals surface area contributed by atoms with E-state index in [2.05, 4.69) is 20.2 Å². The van der Waals surface area contributed by atoms with Crippen LogP contribution in [0.5, 0.6) is 5.75 Å². The van der Waals surface area contributed by atoms with Crippen LogP contribution in [0.25, 0.3) is 11.4 Å². The molecule has 0 aliphatic carbocycles. The summed E-state index contributed by atoms with van der Waals surface area (Å²) in [6.07, 6.45) is 5.06. The van der Waals surface area contributed by atoms with Crippen molar-refractivity contribution < 1.29 is 4.74 Å². The number of imidazole rings is 1. The minimum Gasteiger partial charge on any atom is -0.487 e. The van der Waals surface area contributed by atoms with Crippen LogP contribution in [-0.2, 0) is 6.61 Å². The average Bonchev–Trinajstić information content (AvgIpc) is 3.00. The average molecular weight is 267 g/mol. The predicted molar refractivity (Wildman–Crippen MR) is 74.8 cm³/mol. The van der Waals surface area contributed by atoms with E-state index < -0.39 is 0 Å². The summed E-state index contributed by atoms with van der Waals surface area (Å²) in [5.41, 5.74) is 7.62. The Morgan fingerprint density at radius 2 is 2.05 bits per heavy atom. The van der Waals surface area contributed by atoms with Gasteiger partial charge in [0.25, 0.3) is 0 Å². The second kappa shape index (κ2) is 5.40. The van der Waals surface area contributed by atoms with Crippen molar-refractivity contribution in [3.8, 4) is 17.1 Å². The number of nitrogens with one attached hydrogen (secondary N) is 1. The van der Waals surface area contributed by atoms with Crippen molar-refractivity contribution in [3.05, 3.63) is 54.5 Å². The number of benzene rings is 1. The zero-order valence-electron chi connectivity index (χ0n) is 10.7. The van der Waals surface area contributed by atoms with E-state index in [1.54, 1.807) is 18.5 Å². The fourth-order valence-corrected chi connectivity index (χ4v) is 1.79. The van der Waals surface area contributed by atoms with E-state index in [0.717, 1.165) is 17.0 Å². The molecule has 6 nitrogen and oxygen atoms in total. The van der Waals surface area contributed by atoms with Crippen LogP contribution in [-0.4, -0.2) is 20.2 Å². The summed E-state index contributed by atoms with van der Waals surface area (Å²) in [6.45, 7) is 0.448. The molecule has 3 N–H and O–H groups in total. The Morgan fingerprint density at radius 3 is 2.75 bits per heavy atom. The van der Waals surface area contributed by atoms with E-state index in [9.17, 15) is 0 Å². The van der Waals surface area contributed by atoms with E-state index in [1.807, 2.05) is 24.3 Å². The zero-order chi connectivity index (χ0) is 13.8. The number of nitrogens with zero attached hydrogens (tertiary/aromatic N) is 3. The lowest BCUT2D eigenvalue weighted by molar-refractivity contribution is 0.304. The van der Waals surface area contributed by atoms with Gasteiger partial charge in [-0.2, -0.15) is 5.10 Å². The Kier molecular flexibility index (Phi) is 3.28. The number of aromatic amines is 1. The van der Waals surface area contributed by atoms with E-state index >= 15 is 0 Å². The molecule has 0 fully saturated rings. The highest BCUT2D eigenvalue weighted by Crippen LogP contribution is 2.17. The van der Waals surface area contributed by atoms with Crippen molar-refractivity contribution in [2.24, 2.45) is 0 Å². The second-order valence-corrected chi connectivity index (χ2v) is 4.24. The first-order chi connectivity index (χ1) is 9.81. The lowest BCUT2D eigenvalue weighted by Crippen LogP contribution is -1.98. The Hall–Kier alpha value is -2.89. The van der Waals surface area contributed by atoms with Gasteiger partial charge in [-0.15, -0.1) is 5.10 Å². The molecule has 0 unspecified atom stereocenters. The van der Waals surface area contributed by atoms with Crippen LogP contribution in [0.15, 0.2) is 48.9 Å². The van der Waals surface area contributed by atoms with Gasteiger partial charge in [-0.1, -0.05) is 24.3 Å². The quantitative estimate of drug-likeness (QED) is 0.754. The molecule has 3 rings (SSSR count). The monoisotopic (exact) mass is 267 g/mol. The number of anilines is 1. The minimum absolute atomic E-state index is 0.343. The largest absolute Gasteiger partial charge is 0.487 e. The summed E-state index contributed by atoms with van der Waals surface area (Å²) >= 11 is 0. The fourth-order valence-electron chi connectivity index (χ4n) is 1.79. The van der Waals surface area contributed by atoms with Gasteiger partial charge in [0, 0.05) is 24.0 Å². The molecule has 0 atom stereocenters. The molecular formula is C14H13N5O. The maximum absolute atomic E-state index is 5.60. The summed E-state index contributed by atoms with van der Waals surface area (Å²) in [7, 11) is 0. The first-order valence-electron chi connectivity index (χ1n) is 6.11. The first kappa shape index (κ1) is 12.2. The SMILES string of the molecule is Nc1cc(OCc2ccc(-c3ncc[nH]3)cc2)cnn1. The number of hydrogen-bond donors (Lipinski definition) is 2. The number of ether oxygens (including phenoxy) is 1. The minimum atomic E-state index is 0.343. The molecule has 0 amide bonds. The zero-order valence-corrected chi connectivity index (χ0v) is 10.7. The van der Waals surface area contributed by atoms with Gasteiger partial charge in [-0.3, -0.25) is 0 Å². The van der Waals surface area contributed by atoms with Gasteiger partial charge in [0.15, 0.2) is 0 Å². The van der Waals surface area contributed by atoms with Crippen molar-refractivity contribution in [3.63, 3.8) is 0 Å². The molecule has 1 aromatic carbocycles. The molecule has 0 radical (unpaired) electrons. The van der Waals surface area contributed by atoms with E-state index in [1.165, 1.54) is 6.20 Å². The van der Waals surface area contributed by atoms with Crippen molar-refractivity contribution in [1.29, 1.82) is 0 Å². The Labute approximate surface area is 115 Å². The van der Waals surface area contributed by atoms with Crippen LogP contribution >= 0.6 is 0 Å². The number of nitrogens with two attached hydrogens (primary N) is 1. The molecule has 2 heterocycles. The fraction of sp³-hybridized carbons (Fsp3) is 0.0714. The molecule has 0 spiro atoms. The number of rotatable bonds is 4. The third-order valence-electron chi connectivity index (χ3n) is 2.78. The van der Waals surface area contributed by atoms with Gasteiger partial charge in [0.05, 0.1) is 6.20 Å². The normalized spacial score (nSPS) is 10.4. The van der Waals surface area contributed by atoms with Crippen LogP contribution in [0.1, 0.15) is 5.56 Å². The van der Waals surface area contributed by atoms with Gasteiger partial charge < -0.3 is 15.5 Å². The molecule has 0 aliphatic heterocycles. The molecule has 0 saturated heterocycles. The topological polar surface area (TPSA) is 89.7 Å². The van der Waals surface area contributed by atoms with Gasteiger partial charge in [0.2, 0.25) is 0 Å². The number of hydrogen-bond acceptors (Lipinski definition) is 5. The summed E-state index contributed by atoms with van der Waals surface area (Å²) in [5, 5.41) is 7.40.